The lowest BCUT2D eigenvalue weighted by Crippen LogP contribution is -2.44. The minimum absolute atomic E-state index is 0.0160. The Hall–Kier alpha value is -6.25. The van der Waals surface area contributed by atoms with E-state index in [1.165, 1.54) is 7.11 Å². The van der Waals surface area contributed by atoms with Gasteiger partial charge in [0.05, 0.1) is 35.8 Å². The molecule has 3 aromatic heterocycles. The van der Waals surface area contributed by atoms with E-state index in [1.807, 2.05) is 69.3 Å². The molecule has 6 rings (SSSR count). The number of aromatic amines is 2. The molecule has 17 heteroatoms. The number of nitrogens with two attached hydrogens (primary N) is 1. The van der Waals surface area contributed by atoms with Crippen molar-refractivity contribution in [1.82, 2.24) is 36.0 Å². The number of esters is 2. The third kappa shape index (κ3) is 12.6. The van der Waals surface area contributed by atoms with E-state index in [-0.39, 0.29) is 73.1 Å². The van der Waals surface area contributed by atoms with Crippen molar-refractivity contribution >= 4 is 71.4 Å². The quantitative estimate of drug-likeness (QED) is 0.0108. The van der Waals surface area contributed by atoms with E-state index in [1.54, 1.807) is 27.7 Å². The Morgan fingerprint density at radius 1 is 0.843 bits per heavy atom. The maximum absolute atomic E-state index is 13.8. The number of fused-ring (bicyclic) bond motifs is 8. The molecular weight excluding hydrogens is 908 g/mol. The molecule has 1 aromatic carbocycles. The van der Waals surface area contributed by atoms with Crippen molar-refractivity contribution < 1.29 is 38.2 Å². The molecule has 374 valence electrons. The molecule has 6 atom stereocenters. The van der Waals surface area contributed by atoms with Crippen molar-refractivity contribution in [3.63, 3.8) is 0 Å². The molecule has 7 N–H and O–H groups in total. The van der Waals surface area contributed by atoms with E-state index < -0.39 is 35.4 Å². The van der Waals surface area contributed by atoms with Crippen LogP contribution in [0, 0.1) is 13.8 Å². The number of aryl methyl sites for hydroxylation is 2. The third-order valence-electron chi connectivity index (χ3n) is 13.3. The highest BCUT2D eigenvalue weighted by molar-refractivity contribution is 7.47. The summed E-state index contributed by atoms with van der Waals surface area (Å²) in [7, 11) is 1.75. The van der Waals surface area contributed by atoms with Crippen LogP contribution in [0.1, 0.15) is 171 Å². The summed E-state index contributed by atoms with van der Waals surface area (Å²) in [5, 5.41) is 7.01. The summed E-state index contributed by atoms with van der Waals surface area (Å²) in [6.45, 7) is 17.0. The van der Waals surface area contributed by atoms with Crippen LogP contribution in [-0.4, -0.2) is 86.8 Å². The van der Waals surface area contributed by atoms with E-state index in [2.05, 4.69) is 39.9 Å². The first kappa shape index (κ1) is 53.1. The molecule has 0 saturated heterocycles. The summed E-state index contributed by atoms with van der Waals surface area (Å²) in [6.07, 6.45) is 2.44. The third-order valence-corrected chi connectivity index (χ3v) is 14.6. The predicted molar refractivity (Wildman–Crippen MR) is 274 cm³/mol. The van der Waals surface area contributed by atoms with Gasteiger partial charge in [0.25, 0.3) is 5.91 Å². The zero-order valence-electron chi connectivity index (χ0n) is 42.1. The van der Waals surface area contributed by atoms with Crippen LogP contribution in [0.2, 0.25) is 0 Å². The molecule has 0 radical (unpaired) electrons. The van der Waals surface area contributed by atoms with E-state index in [9.17, 15) is 28.8 Å². The van der Waals surface area contributed by atoms with Gasteiger partial charge in [-0.3, -0.25) is 39.4 Å². The standard InChI is InChI=1S/C53H69N8O8P/c1-11-34-28(2)38-27-43-47(32(6)62)30(4)40(57-43)25-39-29(3)35(49(59-39)36(24-46(65)68-10)50-48(51(66)61-54)31(5)41(60-50)26-42(34)56-38)19-20-44(63)55-22-15-18-37(52(67)69-53(7,8)9)58-45(64)21-23-70-33-16-13-12-14-17-33/h12-14,16-17,25-29,34-35,37,57,60,70H,11,15,18-24,54H2,1-10H3,(H,55,63)(H,58,64)(H,61,66)/t28-,29+,34-,35+,37+/m1/s1. The molecule has 8 bridgehead atoms. The molecule has 4 aromatic rings. The number of nitrogens with one attached hydrogen (secondary N) is 5. The monoisotopic (exact) mass is 976 g/mol. The van der Waals surface area contributed by atoms with Gasteiger partial charge >= 0.3 is 11.9 Å². The van der Waals surface area contributed by atoms with Gasteiger partial charge in [-0.05, 0) is 108 Å². The number of aromatic nitrogens is 4. The molecule has 0 spiro atoms. The second-order valence-electron chi connectivity index (χ2n) is 19.4. The Morgan fingerprint density at radius 2 is 1.49 bits per heavy atom. The molecule has 0 aliphatic carbocycles. The number of carbonyl (C=O) groups is 6. The SMILES string of the molecule is CC[C@H]1c2cc3[nH]c(c(CC(=O)OC)c4nc(cc5[nH]c(cc(n2)[C@@H]1C)c(C(C)=O)c5C)[C@@H](C)[C@@H]4CCC(=O)NCCC[C@H](NC(=O)CCPc1ccccc1)C(=O)OC(C)(C)C)c(C(=O)NN)c3C. The summed E-state index contributed by atoms with van der Waals surface area (Å²) in [5.74, 6) is 2.87. The summed E-state index contributed by atoms with van der Waals surface area (Å²) in [6, 6.07) is 14.8. The van der Waals surface area contributed by atoms with E-state index in [0.717, 1.165) is 28.7 Å². The van der Waals surface area contributed by atoms with Crippen molar-refractivity contribution in [3.8, 4) is 0 Å². The van der Waals surface area contributed by atoms with Crippen LogP contribution in [0.25, 0.3) is 22.1 Å². The number of ether oxygens (including phenoxy) is 2. The summed E-state index contributed by atoms with van der Waals surface area (Å²) in [4.78, 5) is 97.7. The maximum atomic E-state index is 13.8. The number of ketones is 1. The Morgan fingerprint density at radius 3 is 2.14 bits per heavy atom. The zero-order chi connectivity index (χ0) is 51.0. The summed E-state index contributed by atoms with van der Waals surface area (Å²) >= 11 is 0. The highest BCUT2D eigenvalue weighted by Gasteiger charge is 2.35. The van der Waals surface area contributed by atoms with Crippen LogP contribution in [0.5, 0.6) is 0 Å². The van der Waals surface area contributed by atoms with Gasteiger partial charge in [0.1, 0.15) is 11.6 Å². The van der Waals surface area contributed by atoms with Gasteiger partial charge in [-0.25, -0.2) is 10.6 Å². The molecule has 1 unspecified atom stereocenters. The number of hydrazine groups is 1. The van der Waals surface area contributed by atoms with Crippen molar-refractivity contribution in [1.29, 1.82) is 0 Å². The smallest absolute Gasteiger partial charge is 0.329 e. The number of hydrogen-bond acceptors (Lipinski definition) is 11. The number of H-pyrrole nitrogens is 2. The maximum Gasteiger partial charge on any atom is 0.329 e. The second kappa shape index (κ2) is 23.1. The number of methoxy groups -OCH3 is 1. The first-order valence-corrected chi connectivity index (χ1v) is 25.4. The number of hydrogen-bond donors (Lipinski definition) is 6. The Kier molecular flexibility index (Phi) is 17.5. The molecule has 3 amide bonds. The minimum Gasteiger partial charge on any atom is -0.469 e. The fraction of sp³-hybridized carbons (Fsp3) is 0.472. The lowest BCUT2D eigenvalue weighted by atomic mass is 9.85. The zero-order valence-corrected chi connectivity index (χ0v) is 43.1. The molecule has 70 heavy (non-hydrogen) atoms. The van der Waals surface area contributed by atoms with Crippen molar-refractivity contribution in [2.24, 2.45) is 5.84 Å². The fourth-order valence-corrected chi connectivity index (χ4v) is 10.7. The topological polar surface area (TPSA) is 240 Å². The number of Topliss-reactive ketones (excluding diaryl/α,β-unsaturated/α-hetero) is 1. The summed E-state index contributed by atoms with van der Waals surface area (Å²) in [5.41, 5.74) is 9.10. The van der Waals surface area contributed by atoms with Crippen molar-refractivity contribution in [2.75, 3.05) is 19.8 Å². The Labute approximate surface area is 411 Å². The largest absolute Gasteiger partial charge is 0.469 e. The van der Waals surface area contributed by atoms with E-state index in [0.29, 0.717) is 77.7 Å². The van der Waals surface area contributed by atoms with Gasteiger partial charge in [-0.2, -0.15) is 0 Å². The van der Waals surface area contributed by atoms with Crippen molar-refractivity contribution in [2.45, 2.75) is 143 Å². The first-order chi connectivity index (χ1) is 33.2. The Balaban J connectivity index is 1.34. The fourth-order valence-electron chi connectivity index (χ4n) is 9.60. The minimum atomic E-state index is -0.891. The number of carbonyl (C=O) groups excluding carboxylic acids is 6. The molecule has 0 saturated carbocycles. The van der Waals surface area contributed by atoms with Gasteiger partial charge in [0, 0.05) is 82.3 Å². The number of nitrogens with zero attached hydrogens (tertiary/aromatic N) is 2. The van der Waals surface area contributed by atoms with Crippen molar-refractivity contribution in [3.05, 3.63) is 99.1 Å². The number of nitrogen functional groups attached to an aromatic ring is 1. The van der Waals surface area contributed by atoms with Crippen LogP contribution in [0.3, 0.4) is 0 Å². The average Bonchev–Trinajstić information content (AvgIpc) is 4.00. The molecule has 2 aliphatic heterocycles. The predicted octanol–water partition coefficient (Wildman–Crippen LogP) is 7.54. The van der Waals surface area contributed by atoms with Crippen LogP contribution in [0.4, 0.5) is 0 Å². The average molecular weight is 977 g/mol. The second-order valence-corrected chi connectivity index (χ2v) is 20.8. The van der Waals surface area contributed by atoms with E-state index in [4.69, 9.17) is 25.3 Å². The molecule has 2 aliphatic rings. The van der Waals surface area contributed by atoms with Gasteiger partial charge in [0.15, 0.2) is 5.78 Å². The molecular formula is C53H69N8O8P. The number of benzene rings is 1. The van der Waals surface area contributed by atoms with Gasteiger partial charge < -0.3 is 30.1 Å². The van der Waals surface area contributed by atoms with E-state index >= 15 is 0 Å². The number of rotatable bonds is 18. The lowest BCUT2D eigenvalue weighted by molar-refractivity contribution is -0.158. The lowest BCUT2D eigenvalue weighted by Gasteiger charge is -2.24. The number of amides is 3. The van der Waals surface area contributed by atoms with Gasteiger partial charge in [0.2, 0.25) is 11.8 Å². The molecule has 16 nitrogen and oxygen atoms in total. The Bertz CT molecular complexity index is 2800. The normalized spacial score (nSPS) is 17.2. The van der Waals surface area contributed by atoms with Crippen LogP contribution in [-0.2, 0) is 35.1 Å². The van der Waals surface area contributed by atoms with Crippen LogP contribution >= 0.6 is 8.58 Å². The van der Waals surface area contributed by atoms with Gasteiger partial charge in [-0.15, -0.1) is 0 Å². The van der Waals surface area contributed by atoms with Gasteiger partial charge in [-0.1, -0.05) is 59.7 Å². The van der Waals surface area contributed by atoms with Crippen LogP contribution < -0.4 is 27.2 Å². The highest BCUT2D eigenvalue weighted by atomic mass is 31.1. The molecule has 5 heterocycles. The van der Waals surface area contributed by atoms with Crippen LogP contribution in [0.15, 0.2) is 48.5 Å². The summed E-state index contributed by atoms with van der Waals surface area (Å²) < 4.78 is 10.9. The highest BCUT2D eigenvalue weighted by Crippen LogP contribution is 2.44. The molecule has 0 fully saturated rings. The first-order valence-electron chi connectivity index (χ1n) is 24.2.